The summed E-state index contributed by atoms with van der Waals surface area (Å²) in [7, 11) is 0. The molecule has 0 spiro atoms. The van der Waals surface area contributed by atoms with E-state index in [9.17, 15) is 8.78 Å². The number of rotatable bonds is 4. The molecule has 0 unspecified atom stereocenters. The van der Waals surface area contributed by atoms with E-state index in [4.69, 9.17) is 0 Å². The predicted octanol–water partition coefficient (Wildman–Crippen LogP) is 4.56. The zero-order valence-corrected chi connectivity index (χ0v) is 12.4. The van der Waals surface area contributed by atoms with Crippen LogP contribution in [0, 0.1) is 25.5 Å². The maximum absolute atomic E-state index is 13.8. The van der Waals surface area contributed by atoms with Gasteiger partial charge in [-0.25, -0.2) is 13.8 Å². The van der Waals surface area contributed by atoms with Crippen LogP contribution in [0.4, 0.5) is 14.6 Å². The Hall–Kier alpha value is -1.62. The van der Waals surface area contributed by atoms with Crippen molar-refractivity contribution in [3.8, 4) is 0 Å². The minimum Gasteiger partial charge on any atom is -0.368 e. The van der Waals surface area contributed by atoms with Gasteiger partial charge in [-0.2, -0.15) is 0 Å². The second-order valence-corrected chi connectivity index (χ2v) is 5.55. The van der Waals surface area contributed by atoms with E-state index in [1.54, 1.807) is 0 Å². The third-order valence-corrected chi connectivity index (χ3v) is 3.90. The number of aryl methyl sites for hydroxylation is 2. The maximum atomic E-state index is 13.8. The second-order valence-electron chi connectivity index (χ2n) is 4.48. The monoisotopic (exact) mass is 294 g/mol. The Balaban J connectivity index is 2.32. The number of nitrogens with zero attached hydrogens (tertiary/aromatic N) is 1. The molecule has 20 heavy (non-hydrogen) atoms. The SMILES string of the molecule is CCNc1nc(Sc2ccc(C)c(C)c2)c(F)cc1F. The number of pyridine rings is 1. The number of hydrogen-bond donors (Lipinski definition) is 1. The van der Waals surface area contributed by atoms with Crippen molar-refractivity contribution in [2.75, 3.05) is 11.9 Å². The molecule has 106 valence electrons. The normalized spacial score (nSPS) is 10.7. The van der Waals surface area contributed by atoms with Crippen LogP contribution in [0.1, 0.15) is 18.1 Å². The molecule has 1 aromatic heterocycles. The summed E-state index contributed by atoms with van der Waals surface area (Å²) < 4.78 is 27.3. The summed E-state index contributed by atoms with van der Waals surface area (Å²) in [6.07, 6.45) is 0. The van der Waals surface area contributed by atoms with Crippen molar-refractivity contribution in [3.63, 3.8) is 0 Å². The zero-order valence-electron chi connectivity index (χ0n) is 11.6. The molecule has 1 heterocycles. The van der Waals surface area contributed by atoms with Gasteiger partial charge in [-0.15, -0.1) is 0 Å². The van der Waals surface area contributed by atoms with Gasteiger partial charge in [0.15, 0.2) is 17.5 Å². The first-order chi connectivity index (χ1) is 9.51. The lowest BCUT2D eigenvalue weighted by Crippen LogP contribution is -2.04. The molecular formula is C15H16F2N2S. The van der Waals surface area contributed by atoms with E-state index in [0.29, 0.717) is 6.54 Å². The number of halogens is 2. The first kappa shape index (κ1) is 14.8. The van der Waals surface area contributed by atoms with Gasteiger partial charge in [-0.3, -0.25) is 0 Å². The highest BCUT2D eigenvalue weighted by atomic mass is 32.2. The summed E-state index contributed by atoms with van der Waals surface area (Å²) in [6.45, 7) is 6.38. The van der Waals surface area contributed by atoms with E-state index >= 15 is 0 Å². The fraction of sp³-hybridized carbons (Fsp3) is 0.267. The molecule has 0 radical (unpaired) electrons. The largest absolute Gasteiger partial charge is 0.368 e. The highest BCUT2D eigenvalue weighted by Gasteiger charge is 2.13. The van der Waals surface area contributed by atoms with Crippen LogP contribution < -0.4 is 5.32 Å². The highest BCUT2D eigenvalue weighted by Crippen LogP contribution is 2.31. The molecule has 0 amide bonds. The van der Waals surface area contributed by atoms with Crippen LogP contribution in [-0.2, 0) is 0 Å². The molecule has 0 bridgehead atoms. The topological polar surface area (TPSA) is 24.9 Å². The quantitative estimate of drug-likeness (QED) is 0.894. The molecule has 0 saturated heterocycles. The predicted molar refractivity (Wildman–Crippen MR) is 78.4 cm³/mol. The van der Waals surface area contributed by atoms with Gasteiger partial charge in [-0.1, -0.05) is 17.8 Å². The second kappa shape index (κ2) is 6.22. The lowest BCUT2D eigenvalue weighted by molar-refractivity contribution is 0.551. The first-order valence-corrected chi connectivity index (χ1v) is 7.18. The van der Waals surface area contributed by atoms with E-state index < -0.39 is 11.6 Å². The van der Waals surface area contributed by atoms with Crippen LogP contribution in [0.25, 0.3) is 0 Å². The Morgan fingerprint density at radius 2 is 1.85 bits per heavy atom. The molecule has 0 aliphatic carbocycles. The van der Waals surface area contributed by atoms with Crippen LogP contribution >= 0.6 is 11.8 Å². The molecule has 1 N–H and O–H groups in total. The van der Waals surface area contributed by atoms with Crippen LogP contribution in [0.5, 0.6) is 0 Å². The first-order valence-electron chi connectivity index (χ1n) is 6.36. The van der Waals surface area contributed by atoms with Gasteiger partial charge in [0, 0.05) is 17.5 Å². The van der Waals surface area contributed by atoms with Gasteiger partial charge in [0.05, 0.1) is 0 Å². The Bertz CT molecular complexity index is 630. The maximum Gasteiger partial charge on any atom is 0.168 e. The van der Waals surface area contributed by atoms with Crippen molar-refractivity contribution in [2.24, 2.45) is 0 Å². The van der Waals surface area contributed by atoms with Gasteiger partial charge in [0.25, 0.3) is 0 Å². The molecule has 0 fully saturated rings. The number of hydrogen-bond acceptors (Lipinski definition) is 3. The molecule has 2 aromatic rings. The summed E-state index contributed by atoms with van der Waals surface area (Å²) in [5, 5.41) is 2.96. The number of anilines is 1. The molecule has 2 rings (SSSR count). The average molecular weight is 294 g/mol. The van der Waals surface area contributed by atoms with Gasteiger partial charge < -0.3 is 5.32 Å². The summed E-state index contributed by atoms with van der Waals surface area (Å²) >= 11 is 1.19. The van der Waals surface area contributed by atoms with Crippen molar-refractivity contribution in [3.05, 3.63) is 47.0 Å². The molecule has 2 nitrogen and oxygen atoms in total. The standard InChI is InChI=1S/C15H16F2N2S/c1-4-18-14-12(16)8-13(17)15(19-14)20-11-6-5-9(2)10(3)7-11/h5-8H,4H2,1-3H3,(H,18,19). The van der Waals surface area contributed by atoms with Crippen LogP contribution in [0.3, 0.4) is 0 Å². The minimum atomic E-state index is -0.672. The van der Waals surface area contributed by atoms with E-state index in [1.165, 1.54) is 17.3 Å². The summed E-state index contributed by atoms with van der Waals surface area (Å²) in [6, 6.07) is 6.72. The summed E-state index contributed by atoms with van der Waals surface area (Å²) in [4.78, 5) is 4.89. The van der Waals surface area contributed by atoms with Gasteiger partial charge >= 0.3 is 0 Å². The van der Waals surface area contributed by atoms with Gasteiger partial charge in [0.2, 0.25) is 0 Å². The molecular weight excluding hydrogens is 278 g/mol. The van der Waals surface area contributed by atoms with Crippen molar-refractivity contribution in [2.45, 2.75) is 30.7 Å². The molecule has 1 aromatic carbocycles. The van der Waals surface area contributed by atoms with Crippen LogP contribution in [-0.4, -0.2) is 11.5 Å². The number of nitrogens with one attached hydrogen (secondary N) is 1. The van der Waals surface area contributed by atoms with Crippen LogP contribution in [0.2, 0.25) is 0 Å². The third kappa shape index (κ3) is 3.28. The van der Waals surface area contributed by atoms with Crippen molar-refractivity contribution >= 4 is 17.6 Å². The fourth-order valence-corrected chi connectivity index (χ4v) is 2.59. The van der Waals surface area contributed by atoms with E-state index in [-0.39, 0.29) is 10.8 Å². The summed E-state index contributed by atoms with van der Waals surface area (Å²) in [5.74, 6) is -1.23. The van der Waals surface area contributed by atoms with Gasteiger partial charge in [-0.05, 0) is 44.0 Å². The number of benzene rings is 1. The van der Waals surface area contributed by atoms with E-state index in [0.717, 1.165) is 16.5 Å². The minimum absolute atomic E-state index is 0.0835. The Morgan fingerprint density at radius 1 is 1.10 bits per heavy atom. The Labute approximate surface area is 121 Å². The highest BCUT2D eigenvalue weighted by molar-refractivity contribution is 7.99. The smallest absolute Gasteiger partial charge is 0.168 e. The lowest BCUT2D eigenvalue weighted by Gasteiger charge is -2.09. The van der Waals surface area contributed by atoms with Crippen LogP contribution in [0.15, 0.2) is 34.2 Å². The Morgan fingerprint density at radius 3 is 2.50 bits per heavy atom. The Kier molecular flexibility index (Phi) is 4.60. The fourth-order valence-electron chi connectivity index (χ4n) is 1.70. The molecule has 0 saturated carbocycles. The zero-order chi connectivity index (χ0) is 14.7. The van der Waals surface area contributed by atoms with Crippen molar-refractivity contribution in [1.82, 2.24) is 4.98 Å². The molecule has 0 aliphatic heterocycles. The molecule has 0 atom stereocenters. The average Bonchev–Trinajstić information content (AvgIpc) is 2.39. The van der Waals surface area contributed by atoms with E-state index in [2.05, 4.69) is 10.3 Å². The van der Waals surface area contributed by atoms with Crippen molar-refractivity contribution < 1.29 is 8.78 Å². The molecule has 0 aliphatic rings. The lowest BCUT2D eigenvalue weighted by atomic mass is 10.1. The third-order valence-electron chi connectivity index (χ3n) is 2.93. The summed E-state index contributed by atoms with van der Waals surface area (Å²) in [5.41, 5.74) is 2.31. The van der Waals surface area contributed by atoms with E-state index in [1.807, 2.05) is 39.0 Å². The van der Waals surface area contributed by atoms with Crippen molar-refractivity contribution in [1.29, 1.82) is 0 Å². The number of aromatic nitrogens is 1. The van der Waals surface area contributed by atoms with Gasteiger partial charge in [0.1, 0.15) is 5.03 Å². The molecule has 5 heteroatoms.